The fraction of sp³-hybridized carbons (Fsp3) is 0.423. The molecule has 0 aliphatic carbocycles. The molecule has 0 fully saturated rings. The molecular formula is C26H36N2O2. The van der Waals surface area contributed by atoms with Gasteiger partial charge in [-0.3, -0.25) is 0 Å². The van der Waals surface area contributed by atoms with E-state index in [9.17, 15) is 4.79 Å². The first-order valence-electron chi connectivity index (χ1n) is 10.8. The highest BCUT2D eigenvalue weighted by Gasteiger charge is 2.20. The van der Waals surface area contributed by atoms with Crippen LogP contribution in [0.5, 0.6) is 5.75 Å². The van der Waals surface area contributed by atoms with Gasteiger partial charge in [0, 0.05) is 23.8 Å². The molecule has 2 aromatic rings. The molecule has 4 nitrogen and oxygen atoms in total. The Morgan fingerprint density at radius 2 is 1.57 bits per heavy atom. The van der Waals surface area contributed by atoms with E-state index in [1.807, 2.05) is 55.2 Å². The Kier molecular flexibility index (Phi) is 8.52. The van der Waals surface area contributed by atoms with Crippen LogP contribution in [0.4, 0.5) is 10.5 Å². The predicted molar refractivity (Wildman–Crippen MR) is 128 cm³/mol. The summed E-state index contributed by atoms with van der Waals surface area (Å²) in [6.07, 6.45) is 4.01. The van der Waals surface area contributed by atoms with E-state index in [1.54, 1.807) is 7.11 Å². The first-order chi connectivity index (χ1) is 14.3. The zero-order valence-corrected chi connectivity index (χ0v) is 19.4. The van der Waals surface area contributed by atoms with Crippen molar-refractivity contribution in [1.82, 2.24) is 4.90 Å². The molecular weight excluding hydrogens is 372 g/mol. The molecule has 0 saturated heterocycles. The Hall–Kier alpha value is -2.75. The van der Waals surface area contributed by atoms with Gasteiger partial charge in [-0.2, -0.15) is 0 Å². The molecule has 0 aliphatic heterocycles. The maximum absolute atomic E-state index is 13.2. The number of para-hydroxylation sites is 2. The molecule has 0 unspecified atom stereocenters. The minimum atomic E-state index is -0.0790. The minimum Gasteiger partial charge on any atom is -0.496 e. The Labute approximate surface area is 181 Å². The van der Waals surface area contributed by atoms with Gasteiger partial charge in [-0.15, -0.1) is 0 Å². The summed E-state index contributed by atoms with van der Waals surface area (Å²) in [5.41, 5.74) is 4.29. The third-order valence-electron chi connectivity index (χ3n) is 5.23. The zero-order valence-electron chi connectivity index (χ0n) is 19.4. The van der Waals surface area contributed by atoms with Gasteiger partial charge < -0.3 is 15.0 Å². The zero-order chi connectivity index (χ0) is 22.3. The molecule has 0 aromatic heterocycles. The number of rotatable bonds is 8. The lowest BCUT2D eigenvalue weighted by Crippen LogP contribution is -2.40. The normalized spacial score (nSPS) is 11.5. The fourth-order valence-corrected chi connectivity index (χ4v) is 3.50. The molecule has 30 heavy (non-hydrogen) atoms. The molecule has 1 N–H and O–H groups in total. The number of methoxy groups -OCH3 is 1. The Balaban J connectivity index is 2.24. The SMILES string of the molecule is COc1ccccc1/C=C/CN(C(=O)Nc1c(C(C)C)cccc1C(C)C)C(C)C. The van der Waals surface area contributed by atoms with Crippen LogP contribution in [-0.4, -0.2) is 30.6 Å². The van der Waals surface area contributed by atoms with E-state index in [-0.39, 0.29) is 12.1 Å². The van der Waals surface area contributed by atoms with Crippen molar-refractivity contribution in [2.45, 2.75) is 59.4 Å². The molecule has 2 rings (SSSR count). The summed E-state index contributed by atoms with van der Waals surface area (Å²) in [5, 5.41) is 3.22. The fourth-order valence-electron chi connectivity index (χ4n) is 3.50. The number of nitrogens with zero attached hydrogens (tertiary/aromatic N) is 1. The highest BCUT2D eigenvalue weighted by atomic mass is 16.5. The van der Waals surface area contributed by atoms with E-state index in [0.29, 0.717) is 18.4 Å². The number of carbonyl (C=O) groups excluding carboxylic acids is 1. The summed E-state index contributed by atoms with van der Waals surface area (Å²) in [4.78, 5) is 15.1. The van der Waals surface area contributed by atoms with E-state index in [0.717, 1.165) is 17.0 Å². The van der Waals surface area contributed by atoms with Gasteiger partial charge in [-0.1, -0.05) is 76.2 Å². The van der Waals surface area contributed by atoms with Crippen molar-refractivity contribution in [3.8, 4) is 5.75 Å². The number of ether oxygens (including phenoxy) is 1. The van der Waals surface area contributed by atoms with Crippen LogP contribution in [0.15, 0.2) is 48.5 Å². The van der Waals surface area contributed by atoms with Crippen molar-refractivity contribution >= 4 is 17.8 Å². The van der Waals surface area contributed by atoms with Gasteiger partial charge in [0.2, 0.25) is 0 Å². The van der Waals surface area contributed by atoms with Crippen LogP contribution in [0.1, 0.15) is 70.1 Å². The molecule has 2 aromatic carbocycles. The Morgan fingerprint density at radius 3 is 2.10 bits per heavy atom. The molecule has 0 atom stereocenters. The molecule has 0 spiro atoms. The van der Waals surface area contributed by atoms with Gasteiger partial charge >= 0.3 is 6.03 Å². The van der Waals surface area contributed by atoms with Crippen molar-refractivity contribution in [3.63, 3.8) is 0 Å². The second-order valence-electron chi connectivity index (χ2n) is 8.44. The lowest BCUT2D eigenvalue weighted by molar-refractivity contribution is 0.204. The summed E-state index contributed by atoms with van der Waals surface area (Å²) in [7, 11) is 1.67. The molecule has 162 valence electrons. The highest BCUT2D eigenvalue weighted by molar-refractivity contribution is 5.91. The lowest BCUT2D eigenvalue weighted by Gasteiger charge is -2.28. The maximum Gasteiger partial charge on any atom is 0.322 e. The van der Waals surface area contributed by atoms with Crippen LogP contribution in [0.2, 0.25) is 0 Å². The summed E-state index contributed by atoms with van der Waals surface area (Å²) >= 11 is 0. The average Bonchev–Trinajstić information content (AvgIpc) is 2.70. The smallest absolute Gasteiger partial charge is 0.322 e. The molecule has 0 aliphatic rings. The number of urea groups is 1. The van der Waals surface area contributed by atoms with Crippen LogP contribution in [-0.2, 0) is 0 Å². The average molecular weight is 409 g/mol. The topological polar surface area (TPSA) is 41.6 Å². The van der Waals surface area contributed by atoms with Gasteiger partial charge in [0.1, 0.15) is 5.75 Å². The van der Waals surface area contributed by atoms with Crippen LogP contribution < -0.4 is 10.1 Å². The van der Waals surface area contributed by atoms with E-state index >= 15 is 0 Å². The van der Waals surface area contributed by atoms with E-state index < -0.39 is 0 Å². The van der Waals surface area contributed by atoms with Gasteiger partial charge in [-0.25, -0.2) is 4.79 Å². The van der Waals surface area contributed by atoms with E-state index in [1.165, 1.54) is 11.1 Å². The monoisotopic (exact) mass is 408 g/mol. The summed E-state index contributed by atoms with van der Waals surface area (Å²) in [6.45, 7) is 13.2. The van der Waals surface area contributed by atoms with Crippen molar-refractivity contribution in [2.75, 3.05) is 19.0 Å². The highest BCUT2D eigenvalue weighted by Crippen LogP contribution is 2.32. The summed E-state index contributed by atoms with van der Waals surface area (Å²) in [6, 6.07) is 14.1. The van der Waals surface area contributed by atoms with Gasteiger partial charge in [0.05, 0.1) is 7.11 Å². The number of hydrogen-bond acceptors (Lipinski definition) is 2. The standard InChI is InChI=1S/C26H36N2O2/c1-18(2)22-14-10-15-23(19(3)4)25(22)27-26(29)28(20(5)6)17-11-13-21-12-8-9-16-24(21)30-7/h8-16,18-20H,17H2,1-7H3,(H,27,29)/b13-11+. The molecule has 0 heterocycles. The predicted octanol–water partition coefficient (Wildman–Crippen LogP) is 6.90. The van der Waals surface area contributed by atoms with Gasteiger partial charge in [0.15, 0.2) is 0 Å². The van der Waals surface area contributed by atoms with Crippen molar-refractivity contribution in [1.29, 1.82) is 0 Å². The number of benzene rings is 2. The van der Waals surface area contributed by atoms with Crippen LogP contribution in [0, 0.1) is 0 Å². The van der Waals surface area contributed by atoms with Crippen molar-refractivity contribution in [3.05, 3.63) is 65.2 Å². The second kappa shape index (κ2) is 10.9. The molecule has 2 amide bonds. The summed E-state index contributed by atoms with van der Waals surface area (Å²) in [5.74, 6) is 1.48. The number of amides is 2. The first kappa shape index (κ1) is 23.5. The third kappa shape index (κ3) is 5.88. The van der Waals surface area contributed by atoms with Crippen LogP contribution >= 0.6 is 0 Å². The van der Waals surface area contributed by atoms with Crippen LogP contribution in [0.25, 0.3) is 6.08 Å². The first-order valence-corrected chi connectivity index (χ1v) is 10.8. The van der Waals surface area contributed by atoms with Gasteiger partial charge in [0.25, 0.3) is 0 Å². The quantitative estimate of drug-likeness (QED) is 0.516. The number of nitrogens with one attached hydrogen (secondary N) is 1. The molecule has 0 bridgehead atoms. The van der Waals surface area contributed by atoms with E-state index in [2.05, 4.69) is 51.2 Å². The maximum atomic E-state index is 13.2. The van der Waals surface area contributed by atoms with E-state index in [4.69, 9.17) is 4.74 Å². The second-order valence-corrected chi connectivity index (χ2v) is 8.44. The van der Waals surface area contributed by atoms with Crippen molar-refractivity contribution in [2.24, 2.45) is 0 Å². The summed E-state index contributed by atoms with van der Waals surface area (Å²) < 4.78 is 5.40. The number of carbonyl (C=O) groups is 1. The molecule has 0 radical (unpaired) electrons. The van der Waals surface area contributed by atoms with Crippen molar-refractivity contribution < 1.29 is 9.53 Å². The molecule has 0 saturated carbocycles. The Bertz CT molecular complexity index is 843. The minimum absolute atomic E-state index is 0.0704. The molecule has 4 heteroatoms. The lowest BCUT2D eigenvalue weighted by atomic mass is 9.93. The largest absolute Gasteiger partial charge is 0.496 e. The van der Waals surface area contributed by atoms with Gasteiger partial charge in [-0.05, 0) is 42.9 Å². The van der Waals surface area contributed by atoms with Crippen LogP contribution in [0.3, 0.4) is 0 Å². The number of anilines is 1. The Morgan fingerprint density at radius 1 is 0.967 bits per heavy atom. The number of hydrogen-bond donors (Lipinski definition) is 1. The third-order valence-corrected chi connectivity index (χ3v) is 5.23.